The quantitative estimate of drug-likeness (QED) is 0.235. The van der Waals surface area contributed by atoms with Gasteiger partial charge in [-0.25, -0.2) is 17.9 Å². The number of fused-ring (bicyclic) bond motifs is 1. The van der Waals surface area contributed by atoms with Crippen molar-refractivity contribution in [2.24, 2.45) is 0 Å². The fourth-order valence-corrected chi connectivity index (χ4v) is 6.12. The fraction of sp³-hybridized carbons (Fsp3) is 0.345. The van der Waals surface area contributed by atoms with E-state index in [1.54, 1.807) is 18.2 Å². The molecule has 3 aromatic rings. The number of hydrogen-bond donors (Lipinski definition) is 1. The molecular formula is C29H28F3NO10S. The number of halogens is 3. The van der Waals surface area contributed by atoms with Crippen LogP contribution in [0.1, 0.15) is 44.8 Å². The van der Waals surface area contributed by atoms with E-state index in [1.807, 2.05) is 0 Å². The molecular weight excluding hydrogens is 611 g/mol. The first-order valence-corrected chi connectivity index (χ1v) is 14.6. The van der Waals surface area contributed by atoms with Gasteiger partial charge in [0.05, 0.1) is 38.9 Å². The van der Waals surface area contributed by atoms with Gasteiger partial charge < -0.3 is 33.2 Å². The highest BCUT2D eigenvalue weighted by atomic mass is 32.2. The minimum atomic E-state index is -4.60. The molecule has 0 unspecified atom stereocenters. The van der Waals surface area contributed by atoms with E-state index in [1.165, 1.54) is 28.4 Å². The summed E-state index contributed by atoms with van der Waals surface area (Å²) in [6, 6.07) is 8.17. The number of esters is 1. The first-order valence-electron chi connectivity index (χ1n) is 13.1. The second-order valence-electron chi connectivity index (χ2n) is 9.62. The Kier molecular flexibility index (Phi) is 8.55. The van der Waals surface area contributed by atoms with E-state index in [4.69, 9.17) is 33.2 Å². The third-order valence-corrected chi connectivity index (χ3v) is 8.65. The van der Waals surface area contributed by atoms with Crippen LogP contribution in [0.15, 0.2) is 47.4 Å². The van der Waals surface area contributed by atoms with Gasteiger partial charge in [0.2, 0.25) is 22.6 Å². The molecule has 3 aromatic carbocycles. The molecule has 2 aliphatic rings. The normalized spacial score (nSPS) is 17.2. The standard InChI is InChI=1S/C29H28F3NO10S/c1-37-19-10-9-18(22(24(19)38-2)28(34)40-4)23-27(43-23)21-15(13-20-25(26(21)39-3)42-14-41-20)11-12-33-44(35,36)17-7-5-16(6-8-17)29(30,31)32/h5-10,13,23,27,33H,11-12,14H2,1-4H3/t23-,27-/m0/s1. The van der Waals surface area contributed by atoms with Crippen LogP contribution in [0.25, 0.3) is 0 Å². The minimum absolute atomic E-state index is 0.0632. The summed E-state index contributed by atoms with van der Waals surface area (Å²) in [7, 11) is 1.36. The van der Waals surface area contributed by atoms with Crippen LogP contribution in [-0.4, -0.2) is 56.2 Å². The lowest BCUT2D eigenvalue weighted by Crippen LogP contribution is -2.26. The Labute approximate surface area is 250 Å². The number of ether oxygens (including phenoxy) is 7. The van der Waals surface area contributed by atoms with Crippen LogP contribution in [0, 0.1) is 0 Å². The number of hydrogen-bond acceptors (Lipinski definition) is 10. The summed E-state index contributed by atoms with van der Waals surface area (Å²) in [6.45, 7) is -0.188. The lowest BCUT2D eigenvalue weighted by molar-refractivity contribution is -0.137. The molecule has 0 aromatic heterocycles. The summed E-state index contributed by atoms with van der Waals surface area (Å²) in [6.07, 6.45) is -5.78. The van der Waals surface area contributed by atoms with Gasteiger partial charge in [-0.3, -0.25) is 0 Å². The Balaban J connectivity index is 1.45. The van der Waals surface area contributed by atoms with Gasteiger partial charge in [-0.1, -0.05) is 6.07 Å². The highest BCUT2D eigenvalue weighted by Crippen LogP contribution is 2.59. The van der Waals surface area contributed by atoms with E-state index in [0.717, 1.165) is 12.1 Å². The average Bonchev–Trinajstić information content (AvgIpc) is 3.65. The average molecular weight is 640 g/mol. The van der Waals surface area contributed by atoms with E-state index >= 15 is 0 Å². The molecule has 2 aliphatic heterocycles. The van der Waals surface area contributed by atoms with Crippen LogP contribution in [0.2, 0.25) is 0 Å². The summed E-state index contributed by atoms with van der Waals surface area (Å²) >= 11 is 0. The fourth-order valence-electron chi connectivity index (χ4n) is 5.09. The summed E-state index contributed by atoms with van der Waals surface area (Å²) < 4.78 is 106. The summed E-state index contributed by atoms with van der Waals surface area (Å²) in [5.74, 6) is 0.849. The molecule has 2 heterocycles. The largest absolute Gasteiger partial charge is 0.493 e. The summed E-state index contributed by atoms with van der Waals surface area (Å²) in [4.78, 5) is 12.5. The Bertz CT molecular complexity index is 1680. The number of alkyl halides is 3. The van der Waals surface area contributed by atoms with Crippen molar-refractivity contribution in [2.75, 3.05) is 41.8 Å². The first kappa shape index (κ1) is 31.2. The molecule has 1 N–H and O–H groups in total. The van der Waals surface area contributed by atoms with Gasteiger partial charge in [-0.2, -0.15) is 13.2 Å². The van der Waals surface area contributed by atoms with E-state index in [0.29, 0.717) is 51.8 Å². The number of sulfonamides is 1. The van der Waals surface area contributed by atoms with Crippen LogP contribution in [0.4, 0.5) is 13.2 Å². The zero-order chi connectivity index (χ0) is 31.8. The number of rotatable bonds is 11. The molecule has 0 radical (unpaired) electrons. The van der Waals surface area contributed by atoms with E-state index in [9.17, 15) is 26.4 Å². The minimum Gasteiger partial charge on any atom is -0.493 e. The van der Waals surface area contributed by atoms with Crippen molar-refractivity contribution in [2.45, 2.75) is 29.7 Å². The molecule has 1 saturated heterocycles. The van der Waals surface area contributed by atoms with Gasteiger partial charge >= 0.3 is 12.1 Å². The second-order valence-corrected chi connectivity index (χ2v) is 11.4. The Morgan fingerprint density at radius 3 is 2.27 bits per heavy atom. The Morgan fingerprint density at radius 2 is 1.66 bits per heavy atom. The summed E-state index contributed by atoms with van der Waals surface area (Å²) in [5.41, 5.74) is 0.757. The van der Waals surface area contributed by atoms with Crippen LogP contribution < -0.4 is 28.4 Å². The molecule has 0 spiro atoms. The van der Waals surface area contributed by atoms with Gasteiger partial charge in [0, 0.05) is 17.7 Å². The van der Waals surface area contributed by atoms with E-state index in [2.05, 4.69) is 4.72 Å². The maximum Gasteiger partial charge on any atom is 0.416 e. The molecule has 0 bridgehead atoms. The molecule has 11 nitrogen and oxygen atoms in total. The molecule has 15 heteroatoms. The predicted octanol–water partition coefficient (Wildman–Crippen LogP) is 4.58. The van der Waals surface area contributed by atoms with E-state index < -0.39 is 39.9 Å². The number of methoxy groups -OCH3 is 4. The number of benzene rings is 3. The van der Waals surface area contributed by atoms with Crippen LogP contribution in [-0.2, 0) is 32.1 Å². The first-order chi connectivity index (χ1) is 20.9. The molecule has 0 aliphatic carbocycles. The van der Waals surface area contributed by atoms with Crippen molar-refractivity contribution in [3.63, 3.8) is 0 Å². The number of carbonyl (C=O) groups is 1. The van der Waals surface area contributed by atoms with Gasteiger partial charge in [-0.15, -0.1) is 0 Å². The predicted molar refractivity (Wildman–Crippen MR) is 147 cm³/mol. The third kappa shape index (κ3) is 5.81. The van der Waals surface area contributed by atoms with Crippen molar-refractivity contribution in [1.82, 2.24) is 4.72 Å². The lowest BCUT2D eigenvalue weighted by Gasteiger charge is -2.17. The Hall–Kier alpha value is -4.21. The zero-order valence-corrected chi connectivity index (χ0v) is 24.8. The molecule has 236 valence electrons. The van der Waals surface area contributed by atoms with E-state index in [-0.39, 0.29) is 36.0 Å². The SMILES string of the molecule is COC(=O)c1c([C@@H]2O[C@H]2c2c(CCNS(=O)(=O)c3ccc(C(F)(F)F)cc3)cc3c(c2OC)OCO3)ccc(OC)c1OC. The lowest BCUT2D eigenvalue weighted by atomic mass is 9.93. The van der Waals surface area contributed by atoms with Crippen molar-refractivity contribution >= 4 is 16.0 Å². The third-order valence-electron chi connectivity index (χ3n) is 7.18. The van der Waals surface area contributed by atoms with Crippen molar-refractivity contribution in [3.05, 3.63) is 70.3 Å². The molecule has 0 saturated carbocycles. The monoisotopic (exact) mass is 639 g/mol. The van der Waals surface area contributed by atoms with Crippen LogP contribution >= 0.6 is 0 Å². The summed E-state index contributed by atoms with van der Waals surface area (Å²) in [5, 5.41) is 0. The molecule has 5 rings (SSSR count). The maximum atomic E-state index is 12.9. The van der Waals surface area contributed by atoms with Crippen molar-refractivity contribution < 1.29 is 59.5 Å². The van der Waals surface area contributed by atoms with Gasteiger partial charge in [-0.05, 0) is 48.4 Å². The van der Waals surface area contributed by atoms with Crippen molar-refractivity contribution in [1.29, 1.82) is 0 Å². The Morgan fingerprint density at radius 1 is 0.955 bits per heavy atom. The number of nitrogens with one attached hydrogen (secondary N) is 1. The second kappa shape index (κ2) is 12.1. The molecule has 0 amide bonds. The highest BCUT2D eigenvalue weighted by Gasteiger charge is 2.48. The molecule has 44 heavy (non-hydrogen) atoms. The topological polar surface area (TPSA) is 131 Å². The van der Waals surface area contributed by atoms with Crippen LogP contribution in [0.5, 0.6) is 28.7 Å². The van der Waals surface area contributed by atoms with Gasteiger partial charge in [0.1, 0.15) is 17.8 Å². The highest BCUT2D eigenvalue weighted by molar-refractivity contribution is 7.89. The maximum absolute atomic E-state index is 12.9. The van der Waals surface area contributed by atoms with Gasteiger partial charge in [0.15, 0.2) is 23.0 Å². The zero-order valence-electron chi connectivity index (χ0n) is 23.9. The molecule has 1 fully saturated rings. The van der Waals surface area contributed by atoms with Gasteiger partial charge in [0.25, 0.3) is 0 Å². The van der Waals surface area contributed by atoms with Crippen LogP contribution in [0.3, 0.4) is 0 Å². The molecule has 2 atom stereocenters. The number of epoxide rings is 1. The number of carbonyl (C=O) groups excluding carboxylic acids is 1. The van der Waals surface area contributed by atoms with Crippen molar-refractivity contribution in [3.8, 4) is 28.7 Å². The smallest absolute Gasteiger partial charge is 0.416 e.